The zero-order chi connectivity index (χ0) is 18.2. The molecule has 0 aromatic rings. The van der Waals surface area contributed by atoms with Gasteiger partial charge in [-0.05, 0) is 52.2 Å². The number of hydrogen-bond acceptors (Lipinski definition) is 6. The van der Waals surface area contributed by atoms with Crippen molar-refractivity contribution in [1.29, 1.82) is 5.41 Å². The van der Waals surface area contributed by atoms with E-state index in [1.165, 1.54) is 6.21 Å². The molecule has 0 aromatic carbocycles. The van der Waals surface area contributed by atoms with E-state index in [4.69, 9.17) is 14.8 Å². The van der Waals surface area contributed by atoms with Gasteiger partial charge in [0.1, 0.15) is 0 Å². The molecule has 1 rings (SSSR count). The van der Waals surface area contributed by atoms with E-state index in [0.717, 1.165) is 44.6 Å². The summed E-state index contributed by atoms with van der Waals surface area (Å²) in [4.78, 5) is 2.41. The molecule has 0 saturated carbocycles. The summed E-state index contributed by atoms with van der Waals surface area (Å²) >= 11 is 0. The number of rotatable bonds is 10. The van der Waals surface area contributed by atoms with Crippen LogP contribution in [0.15, 0.2) is 11.7 Å². The van der Waals surface area contributed by atoms with Gasteiger partial charge < -0.3 is 30.1 Å². The van der Waals surface area contributed by atoms with Gasteiger partial charge in [0.25, 0.3) is 0 Å². The molecule has 1 heterocycles. The number of allylic oxidation sites excluding steroid dienone is 1. The van der Waals surface area contributed by atoms with Gasteiger partial charge in [-0.2, -0.15) is 0 Å². The van der Waals surface area contributed by atoms with E-state index in [1.54, 1.807) is 21.0 Å². The summed E-state index contributed by atoms with van der Waals surface area (Å²) in [5.74, 6) is 0. The molecule has 3 N–H and O–H groups in total. The van der Waals surface area contributed by atoms with Crippen LogP contribution in [0.2, 0.25) is 0 Å². The molecule has 0 aliphatic carbocycles. The highest BCUT2D eigenvalue weighted by Crippen LogP contribution is 2.24. The molecule has 1 saturated heterocycles. The molecule has 0 unspecified atom stereocenters. The van der Waals surface area contributed by atoms with E-state index in [2.05, 4.69) is 10.2 Å². The van der Waals surface area contributed by atoms with Crippen molar-refractivity contribution in [3.8, 4) is 0 Å². The van der Waals surface area contributed by atoms with Gasteiger partial charge in [-0.25, -0.2) is 0 Å². The molecule has 0 amide bonds. The van der Waals surface area contributed by atoms with Gasteiger partial charge in [-0.15, -0.1) is 0 Å². The van der Waals surface area contributed by atoms with Crippen molar-refractivity contribution >= 4 is 13.7 Å². The minimum Gasteiger partial charge on any atom is -0.427 e. The highest BCUT2D eigenvalue weighted by Gasteiger charge is 2.35. The average Bonchev–Trinajstić information content (AvgIpc) is 2.53. The predicted octanol–water partition coefficient (Wildman–Crippen LogP) is 1.10. The van der Waals surface area contributed by atoms with Crippen molar-refractivity contribution in [1.82, 2.24) is 10.2 Å². The summed E-state index contributed by atoms with van der Waals surface area (Å²) in [6.07, 6.45) is 5.35. The summed E-state index contributed by atoms with van der Waals surface area (Å²) in [5.41, 5.74) is -0.848. The Morgan fingerprint density at radius 2 is 1.96 bits per heavy atom. The molecule has 0 atom stereocenters. The molecule has 0 aromatic heterocycles. The molecule has 1 fully saturated rings. The lowest BCUT2D eigenvalue weighted by Gasteiger charge is -2.37. The molecule has 24 heavy (non-hydrogen) atoms. The largest absolute Gasteiger partial charge is 0.427 e. The van der Waals surface area contributed by atoms with E-state index in [0.29, 0.717) is 13.5 Å². The molecular formula is C17H34BN3O3. The molecule has 6 nitrogen and oxygen atoms in total. The molecule has 138 valence electrons. The van der Waals surface area contributed by atoms with E-state index >= 15 is 0 Å². The number of methoxy groups -OCH3 is 1. The van der Waals surface area contributed by atoms with Crippen LogP contribution in [0.5, 0.6) is 0 Å². The quantitative estimate of drug-likeness (QED) is 0.410. The number of hydrogen-bond donors (Lipinski definition) is 3. The molecule has 0 radical (unpaired) electrons. The standard InChI is InChI=1S/C17H34BN3O3/c1-16(2,22)17(3,4)24-18-14(12-19)13-20-15-6-8-21(9-7-15)10-11-23-5/h12-13,15,18-20,22H,6-11H2,1-5H3/b14-13+,19-12?. The topological polar surface area (TPSA) is 77.8 Å². The Morgan fingerprint density at radius 3 is 2.46 bits per heavy atom. The summed E-state index contributed by atoms with van der Waals surface area (Å²) < 4.78 is 10.9. The van der Waals surface area contributed by atoms with Crippen LogP contribution >= 0.6 is 0 Å². The lowest BCUT2D eigenvalue weighted by molar-refractivity contribution is -0.0895. The van der Waals surface area contributed by atoms with Crippen LogP contribution in [-0.2, 0) is 9.39 Å². The molecule has 7 heteroatoms. The lowest BCUT2D eigenvalue weighted by atomic mass is 9.83. The third kappa shape index (κ3) is 6.93. The van der Waals surface area contributed by atoms with E-state index in [1.807, 2.05) is 20.0 Å². The Kier molecular flexibility index (Phi) is 8.43. The van der Waals surface area contributed by atoms with Crippen LogP contribution in [0.25, 0.3) is 0 Å². The van der Waals surface area contributed by atoms with Gasteiger partial charge in [0.2, 0.25) is 0 Å². The molecule has 1 aliphatic rings. The van der Waals surface area contributed by atoms with Crippen molar-refractivity contribution < 1.29 is 14.5 Å². The second kappa shape index (κ2) is 9.56. The van der Waals surface area contributed by atoms with Crippen molar-refractivity contribution in [2.45, 2.75) is 57.8 Å². The average molecular weight is 339 g/mol. The van der Waals surface area contributed by atoms with Gasteiger partial charge in [0, 0.05) is 39.0 Å². The number of aliphatic hydroxyl groups is 1. The second-order valence-electron chi connectivity index (χ2n) is 7.50. The zero-order valence-electron chi connectivity index (χ0n) is 15.9. The van der Waals surface area contributed by atoms with E-state index < -0.39 is 11.2 Å². The fourth-order valence-electron chi connectivity index (χ4n) is 2.33. The van der Waals surface area contributed by atoms with Gasteiger partial charge in [-0.3, -0.25) is 0 Å². The maximum absolute atomic E-state index is 10.1. The van der Waals surface area contributed by atoms with Crippen LogP contribution in [0.1, 0.15) is 40.5 Å². The number of nitrogens with zero attached hydrogens (tertiary/aromatic N) is 1. The second-order valence-corrected chi connectivity index (χ2v) is 7.50. The smallest absolute Gasteiger partial charge is 0.312 e. The Balaban J connectivity index is 2.41. The molecule has 0 bridgehead atoms. The first-order chi connectivity index (χ1) is 11.2. The van der Waals surface area contributed by atoms with E-state index in [-0.39, 0.29) is 0 Å². The zero-order valence-corrected chi connectivity index (χ0v) is 15.9. The summed E-state index contributed by atoms with van der Waals surface area (Å²) in [5, 5.41) is 21.1. The predicted molar refractivity (Wildman–Crippen MR) is 100.0 cm³/mol. The first-order valence-corrected chi connectivity index (χ1v) is 8.73. The van der Waals surface area contributed by atoms with Gasteiger partial charge >= 0.3 is 7.48 Å². The highest BCUT2D eigenvalue weighted by atomic mass is 16.5. The van der Waals surface area contributed by atoms with Crippen molar-refractivity contribution in [2.75, 3.05) is 33.4 Å². The number of nitrogens with one attached hydrogen (secondary N) is 2. The van der Waals surface area contributed by atoms with E-state index in [9.17, 15) is 5.11 Å². The Labute approximate surface area is 147 Å². The van der Waals surface area contributed by atoms with Crippen LogP contribution < -0.4 is 5.32 Å². The number of ether oxygens (including phenoxy) is 1. The first-order valence-electron chi connectivity index (χ1n) is 8.73. The first kappa shape index (κ1) is 21.2. The van der Waals surface area contributed by atoms with Crippen molar-refractivity contribution in [3.05, 3.63) is 11.7 Å². The van der Waals surface area contributed by atoms with Crippen LogP contribution in [0.4, 0.5) is 0 Å². The monoisotopic (exact) mass is 339 g/mol. The van der Waals surface area contributed by atoms with Crippen LogP contribution in [-0.4, -0.2) is 74.3 Å². The Bertz CT molecular complexity index is 414. The summed E-state index contributed by atoms with van der Waals surface area (Å²) in [6.45, 7) is 11.1. The van der Waals surface area contributed by atoms with Gasteiger partial charge in [-0.1, -0.05) is 0 Å². The van der Waals surface area contributed by atoms with Crippen molar-refractivity contribution in [2.24, 2.45) is 0 Å². The molecule has 1 aliphatic heterocycles. The number of likely N-dealkylation sites (tertiary alicyclic amines) is 1. The minimum atomic E-state index is -0.942. The Hall–Kier alpha value is -0.885. The number of piperidine rings is 1. The SMILES string of the molecule is COCCN1CCC(N/C=C(/BOC(C)(C)C(C)(C)O)C=N)CC1. The van der Waals surface area contributed by atoms with Crippen LogP contribution in [0.3, 0.4) is 0 Å². The highest BCUT2D eigenvalue weighted by molar-refractivity contribution is 6.45. The fraction of sp³-hybridized carbons (Fsp3) is 0.824. The molecule has 0 spiro atoms. The molecular weight excluding hydrogens is 305 g/mol. The van der Waals surface area contributed by atoms with Crippen molar-refractivity contribution in [3.63, 3.8) is 0 Å². The third-order valence-electron chi connectivity index (χ3n) is 4.96. The lowest BCUT2D eigenvalue weighted by Crippen LogP contribution is -2.48. The normalized spacial score (nSPS) is 18.5. The third-order valence-corrected chi connectivity index (χ3v) is 4.96. The summed E-state index contributed by atoms with van der Waals surface area (Å²) in [6, 6.07) is 0.432. The van der Waals surface area contributed by atoms with Gasteiger partial charge in [0.15, 0.2) is 0 Å². The van der Waals surface area contributed by atoms with Gasteiger partial charge in [0.05, 0.1) is 17.8 Å². The summed E-state index contributed by atoms with van der Waals surface area (Å²) in [7, 11) is 2.04. The minimum absolute atomic E-state index is 0.306. The van der Waals surface area contributed by atoms with Crippen LogP contribution in [0, 0.1) is 5.41 Å². The maximum Gasteiger partial charge on any atom is 0.312 e. The maximum atomic E-state index is 10.1. The fourth-order valence-corrected chi connectivity index (χ4v) is 2.33. The Morgan fingerprint density at radius 1 is 1.33 bits per heavy atom.